The van der Waals surface area contributed by atoms with Crippen molar-refractivity contribution in [2.75, 3.05) is 20.8 Å². The topological polar surface area (TPSA) is 59.1 Å². The first-order chi connectivity index (χ1) is 15.5. The minimum absolute atomic E-state index is 0.0456. The van der Waals surface area contributed by atoms with Gasteiger partial charge in [0.25, 0.3) is 5.91 Å². The van der Waals surface area contributed by atoms with Crippen LogP contribution in [0.25, 0.3) is 0 Å². The van der Waals surface area contributed by atoms with E-state index < -0.39 is 6.04 Å². The van der Waals surface area contributed by atoms with E-state index in [0.717, 1.165) is 31.2 Å². The molecule has 0 bridgehead atoms. The normalized spacial score (nSPS) is 19.9. The standard InChI is InChI=1S/C25H29ClN2O4/c1-31-21-13-12-17(14-22(21)32-2)24-25(30)27(19-9-4-3-5-10-19)16-23(29)28(24)15-18-8-6-7-11-20(18)26/h6-8,11-14,19,24H,3-5,9-10,15-16H2,1-2H3/t24-/m1/s1. The molecule has 0 radical (unpaired) electrons. The fraction of sp³-hybridized carbons (Fsp3) is 0.440. The molecule has 0 N–H and O–H groups in total. The Morgan fingerprint density at radius 1 is 0.969 bits per heavy atom. The predicted molar refractivity (Wildman–Crippen MR) is 123 cm³/mol. The number of amides is 2. The van der Waals surface area contributed by atoms with E-state index in [0.29, 0.717) is 22.1 Å². The van der Waals surface area contributed by atoms with E-state index in [4.69, 9.17) is 21.1 Å². The van der Waals surface area contributed by atoms with Gasteiger partial charge < -0.3 is 19.3 Å². The molecule has 2 fully saturated rings. The first-order valence-electron chi connectivity index (χ1n) is 11.1. The van der Waals surface area contributed by atoms with Crippen LogP contribution in [0, 0.1) is 0 Å². The summed E-state index contributed by atoms with van der Waals surface area (Å²) >= 11 is 6.39. The molecule has 1 saturated heterocycles. The number of hydrogen-bond donors (Lipinski definition) is 0. The third kappa shape index (κ3) is 4.42. The second-order valence-electron chi connectivity index (χ2n) is 8.39. The zero-order valence-electron chi connectivity index (χ0n) is 18.6. The lowest BCUT2D eigenvalue weighted by molar-refractivity contribution is -0.160. The number of halogens is 1. The molecule has 2 aromatic carbocycles. The lowest BCUT2D eigenvalue weighted by Gasteiger charge is -2.44. The number of carbonyl (C=O) groups excluding carboxylic acids is 2. The predicted octanol–water partition coefficient (Wildman–Crippen LogP) is 4.60. The maximum atomic E-state index is 13.8. The van der Waals surface area contributed by atoms with Crippen molar-refractivity contribution in [1.29, 1.82) is 0 Å². The van der Waals surface area contributed by atoms with Crippen LogP contribution in [-0.4, -0.2) is 48.4 Å². The van der Waals surface area contributed by atoms with Crippen LogP contribution in [0.1, 0.15) is 49.3 Å². The average molecular weight is 457 g/mol. The number of nitrogens with zero attached hydrogens (tertiary/aromatic N) is 2. The van der Waals surface area contributed by atoms with E-state index in [9.17, 15) is 9.59 Å². The van der Waals surface area contributed by atoms with Gasteiger partial charge in [0.2, 0.25) is 5.91 Å². The highest BCUT2D eigenvalue weighted by atomic mass is 35.5. The summed E-state index contributed by atoms with van der Waals surface area (Å²) in [5.41, 5.74) is 1.51. The molecule has 0 aromatic heterocycles. The third-order valence-electron chi connectivity index (χ3n) is 6.49. The van der Waals surface area contributed by atoms with Crippen LogP contribution in [0.5, 0.6) is 11.5 Å². The Hall–Kier alpha value is -2.73. The molecule has 2 aliphatic rings. The molecule has 7 heteroatoms. The van der Waals surface area contributed by atoms with Crippen LogP contribution in [-0.2, 0) is 16.1 Å². The van der Waals surface area contributed by atoms with Gasteiger partial charge in [-0.25, -0.2) is 0 Å². The highest BCUT2D eigenvalue weighted by molar-refractivity contribution is 6.31. The van der Waals surface area contributed by atoms with E-state index in [2.05, 4.69) is 0 Å². The molecule has 170 valence electrons. The summed E-state index contributed by atoms with van der Waals surface area (Å²) in [5.74, 6) is 0.982. The SMILES string of the molecule is COc1ccc([C@@H]2C(=O)N(C3CCCCC3)CC(=O)N2Cc2ccccc2Cl)cc1OC. The second kappa shape index (κ2) is 9.82. The van der Waals surface area contributed by atoms with Crippen LogP contribution in [0.2, 0.25) is 5.02 Å². The lowest BCUT2D eigenvalue weighted by Crippen LogP contribution is -2.58. The summed E-state index contributed by atoms with van der Waals surface area (Å²) in [6.45, 7) is 0.375. The number of hydrogen-bond acceptors (Lipinski definition) is 4. The Kier molecular flexibility index (Phi) is 6.89. The van der Waals surface area contributed by atoms with Gasteiger partial charge in [0.1, 0.15) is 12.6 Å². The van der Waals surface area contributed by atoms with Crippen molar-refractivity contribution in [3.05, 3.63) is 58.6 Å². The van der Waals surface area contributed by atoms with Crippen molar-refractivity contribution in [3.63, 3.8) is 0 Å². The van der Waals surface area contributed by atoms with Crippen molar-refractivity contribution >= 4 is 23.4 Å². The second-order valence-corrected chi connectivity index (χ2v) is 8.80. The molecule has 2 amide bonds. The number of rotatable bonds is 6. The Morgan fingerprint density at radius 3 is 2.38 bits per heavy atom. The summed E-state index contributed by atoms with van der Waals surface area (Å²) < 4.78 is 10.8. The lowest BCUT2D eigenvalue weighted by atomic mass is 9.91. The smallest absolute Gasteiger partial charge is 0.250 e. The molecule has 1 aliphatic heterocycles. The van der Waals surface area contributed by atoms with Crippen molar-refractivity contribution in [1.82, 2.24) is 9.80 Å². The zero-order chi connectivity index (χ0) is 22.7. The molecule has 32 heavy (non-hydrogen) atoms. The quantitative estimate of drug-likeness (QED) is 0.637. The van der Waals surface area contributed by atoms with E-state index in [1.165, 1.54) is 6.42 Å². The van der Waals surface area contributed by atoms with Gasteiger partial charge in [-0.3, -0.25) is 9.59 Å². The molecule has 6 nitrogen and oxygen atoms in total. The minimum Gasteiger partial charge on any atom is -0.493 e. The maximum Gasteiger partial charge on any atom is 0.250 e. The maximum absolute atomic E-state index is 13.8. The summed E-state index contributed by atoms with van der Waals surface area (Å²) in [4.78, 5) is 30.7. The number of benzene rings is 2. The summed E-state index contributed by atoms with van der Waals surface area (Å²) in [6.07, 6.45) is 5.26. The first-order valence-corrected chi connectivity index (χ1v) is 11.5. The molecular weight excluding hydrogens is 428 g/mol. The van der Waals surface area contributed by atoms with Gasteiger partial charge in [-0.1, -0.05) is 55.1 Å². The van der Waals surface area contributed by atoms with Gasteiger partial charge in [-0.15, -0.1) is 0 Å². The van der Waals surface area contributed by atoms with Gasteiger partial charge in [0, 0.05) is 17.6 Å². The summed E-state index contributed by atoms with van der Waals surface area (Å²) in [6, 6.07) is 12.2. The Balaban J connectivity index is 1.73. The van der Waals surface area contributed by atoms with Gasteiger partial charge in [0.05, 0.1) is 14.2 Å². The molecule has 1 aliphatic carbocycles. The van der Waals surface area contributed by atoms with Crippen LogP contribution in [0.4, 0.5) is 0 Å². The number of carbonyl (C=O) groups is 2. The highest BCUT2D eigenvalue weighted by Gasteiger charge is 2.43. The van der Waals surface area contributed by atoms with E-state index in [-0.39, 0.29) is 30.9 Å². The van der Waals surface area contributed by atoms with Gasteiger partial charge in [0.15, 0.2) is 11.5 Å². The Labute approximate surface area is 194 Å². The first kappa shape index (κ1) is 22.5. The summed E-state index contributed by atoms with van der Waals surface area (Å²) in [7, 11) is 3.13. The number of methoxy groups -OCH3 is 2. The monoisotopic (exact) mass is 456 g/mol. The molecule has 1 atom stereocenters. The zero-order valence-corrected chi connectivity index (χ0v) is 19.3. The van der Waals surface area contributed by atoms with Crippen LogP contribution < -0.4 is 9.47 Å². The Bertz CT molecular complexity index is 990. The molecule has 0 unspecified atom stereocenters. The van der Waals surface area contributed by atoms with Gasteiger partial charge in [-0.05, 0) is 42.2 Å². The van der Waals surface area contributed by atoms with E-state index in [1.54, 1.807) is 42.2 Å². The van der Waals surface area contributed by atoms with Gasteiger partial charge >= 0.3 is 0 Å². The van der Waals surface area contributed by atoms with Crippen molar-refractivity contribution in [2.24, 2.45) is 0 Å². The molecule has 1 heterocycles. The minimum atomic E-state index is -0.741. The number of ether oxygens (including phenoxy) is 2. The fourth-order valence-electron chi connectivity index (χ4n) is 4.79. The highest BCUT2D eigenvalue weighted by Crippen LogP contribution is 2.37. The van der Waals surface area contributed by atoms with E-state index >= 15 is 0 Å². The largest absolute Gasteiger partial charge is 0.493 e. The van der Waals surface area contributed by atoms with Crippen molar-refractivity contribution in [2.45, 2.75) is 50.7 Å². The third-order valence-corrected chi connectivity index (χ3v) is 6.86. The molecule has 1 saturated carbocycles. The molecule has 4 rings (SSSR count). The molecular formula is C25H29ClN2O4. The van der Waals surface area contributed by atoms with Crippen LogP contribution >= 0.6 is 11.6 Å². The van der Waals surface area contributed by atoms with E-state index in [1.807, 2.05) is 24.3 Å². The Morgan fingerprint density at radius 2 is 1.69 bits per heavy atom. The molecule has 2 aromatic rings. The van der Waals surface area contributed by atoms with Gasteiger partial charge in [-0.2, -0.15) is 0 Å². The summed E-state index contributed by atoms with van der Waals surface area (Å²) in [5, 5.41) is 0.577. The van der Waals surface area contributed by atoms with Crippen LogP contribution in [0.3, 0.4) is 0 Å². The average Bonchev–Trinajstić information content (AvgIpc) is 2.82. The van der Waals surface area contributed by atoms with Crippen LogP contribution in [0.15, 0.2) is 42.5 Å². The number of piperazine rings is 1. The van der Waals surface area contributed by atoms with Crippen molar-refractivity contribution in [3.8, 4) is 11.5 Å². The van der Waals surface area contributed by atoms with Crippen molar-refractivity contribution < 1.29 is 19.1 Å². The molecule has 0 spiro atoms. The fourth-order valence-corrected chi connectivity index (χ4v) is 4.98.